The molecule has 0 unspecified atom stereocenters. The molecule has 0 spiro atoms. The third kappa shape index (κ3) is 6.35. The summed E-state index contributed by atoms with van der Waals surface area (Å²) >= 11 is 0. The normalized spacial score (nSPS) is 12.0. The van der Waals surface area contributed by atoms with E-state index in [1.807, 2.05) is 13.8 Å². The third-order valence-electron chi connectivity index (χ3n) is 2.78. The molecule has 0 aliphatic rings. The van der Waals surface area contributed by atoms with Crippen LogP contribution in [0.25, 0.3) is 0 Å². The summed E-state index contributed by atoms with van der Waals surface area (Å²) in [7, 11) is 1.47. The van der Waals surface area contributed by atoms with Crippen LogP contribution >= 0.6 is 0 Å². The van der Waals surface area contributed by atoms with E-state index in [1.165, 1.54) is 13.2 Å². The van der Waals surface area contributed by atoms with Gasteiger partial charge in [-0.15, -0.1) is 0 Å². The van der Waals surface area contributed by atoms with Crippen molar-refractivity contribution < 1.29 is 22.6 Å². The minimum atomic E-state index is -4.43. The van der Waals surface area contributed by atoms with Gasteiger partial charge in [0.1, 0.15) is 12.4 Å². The van der Waals surface area contributed by atoms with Crippen molar-refractivity contribution in [3.63, 3.8) is 0 Å². The van der Waals surface area contributed by atoms with E-state index < -0.39 is 11.7 Å². The number of ether oxygens (including phenoxy) is 2. The second-order valence-corrected chi connectivity index (χ2v) is 5.19. The molecule has 120 valence electrons. The van der Waals surface area contributed by atoms with Gasteiger partial charge in [-0.1, -0.05) is 19.9 Å². The van der Waals surface area contributed by atoms with Crippen molar-refractivity contribution in [2.24, 2.45) is 5.92 Å². The fraction of sp³-hybridized carbons (Fsp3) is 0.600. The monoisotopic (exact) mass is 305 g/mol. The van der Waals surface area contributed by atoms with Crippen LogP contribution in [0.4, 0.5) is 13.2 Å². The highest BCUT2D eigenvalue weighted by atomic mass is 19.4. The average Bonchev–Trinajstić information content (AvgIpc) is 2.38. The first-order valence-corrected chi connectivity index (χ1v) is 6.87. The topological polar surface area (TPSA) is 30.5 Å². The van der Waals surface area contributed by atoms with Gasteiger partial charge in [0, 0.05) is 13.7 Å². The maximum atomic E-state index is 13.1. The Morgan fingerprint density at radius 2 is 1.90 bits per heavy atom. The van der Waals surface area contributed by atoms with Gasteiger partial charge in [0.25, 0.3) is 0 Å². The third-order valence-corrected chi connectivity index (χ3v) is 2.78. The van der Waals surface area contributed by atoms with E-state index in [9.17, 15) is 13.2 Å². The van der Waals surface area contributed by atoms with Crippen LogP contribution in [-0.4, -0.2) is 26.9 Å². The number of alkyl halides is 3. The highest BCUT2D eigenvalue weighted by Gasteiger charge is 2.34. The lowest BCUT2D eigenvalue weighted by Crippen LogP contribution is -2.19. The van der Waals surface area contributed by atoms with Gasteiger partial charge in [0.05, 0.1) is 12.2 Å². The van der Waals surface area contributed by atoms with Crippen molar-refractivity contribution in [2.45, 2.75) is 26.6 Å². The molecular formula is C15H22F3NO2. The highest BCUT2D eigenvalue weighted by Crippen LogP contribution is 2.36. The molecule has 0 aromatic heterocycles. The summed E-state index contributed by atoms with van der Waals surface area (Å²) in [5, 5.41) is 3.12. The highest BCUT2D eigenvalue weighted by molar-refractivity contribution is 5.39. The summed E-state index contributed by atoms with van der Waals surface area (Å²) in [5.41, 5.74) is -0.162. The van der Waals surface area contributed by atoms with Crippen LogP contribution in [0.15, 0.2) is 18.2 Å². The molecule has 0 aliphatic heterocycles. The Hall–Kier alpha value is -1.27. The molecule has 21 heavy (non-hydrogen) atoms. The zero-order chi connectivity index (χ0) is 15.9. The first-order chi connectivity index (χ1) is 9.84. The number of hydrogen-bond acceptors (Lipinski definition) is 3. The molecular weight excluding hydrogens is 283 g/mol. The summed E-state index contributed by atoms with van der Waals surface area (Å²) in [6.07, 6.45) is -4.43. The van der Waals surface area contributed by atoms with Gasteiger partial charge >= 0.3 is 6.18 Å². The van der Waals surface area contributed by atoms with Crippen LogP contribution in [0, 0.1) is 5.92 Å². The second kappa shape index (κ2) is 8.24. The molecule has 0 amide bonds. The Labute approximate surface area is 123 Å². The molecule has 0 atom stereocenters. The Balaban J connectivity index is 2.81. The number of hydrogen-bond donors (Lipinski definition) is 1. The van der Waals surface area contributed by atoms with Gasteiger partial charge in [-0.05, 0) is 30.2 Å². The quantitative estimate of drug-likeness (QED) is 0.746. The molecule has 0 aliphatic carbocycles. The molecule has 1 aromatic rings. The average molecular weight is 305 g/mol. The molecule has 0 heterocycles. The van der Waals surface area contributed by atoms with Crippen molar-refractivity contribution >= 4 is 0 Å². The molecule has 1 rings (SSSR count). The summed E-state index contributed by atoms with van der Waals surface area (Å²) in [4.78, 5) is 0. The second-order valence-electron chi connectivity index (χ2n) is 5.19. The molecule has 3 nitrogen and oxygen atoms in total. The first kappa shape index (κ1) is 17.8. The number of methoxy groups -OCH3 is 1. The lowest BCUT2D eigenvalue weighted by Gasteiger charge is -2.16. The predicted molar refractivity (Wildman–Crippen MR) is 75.4 cm³/mol. The number of halogens is 3. The van der Waals surface area contributed by atoms with Crippen LogP contribution in [0.3, 0.4) is 0 Å². The summed E-state index contributed by atoms with van der Waals surface area (Å²) < 4.78 is 49.1. The van der Waals surface area contributed by atoms with Crippen molar-refractivity contribution in [3.05, 3.63) is 29.3 Å². The van der Waals surface area contributed by atoms with E-state index in [0.717, 1.165) is 12.6 Å². The maximum Gasteiger partial charge on any atom is 0.419 e. The van der Waals surface area contributed by atoms with Crippen LogP contribution in [0.2, 0.25) is 0 Å². The fourth-order valence-corrected chi connectivity index (χ4v) is 1.77. The number of benzene rings is 1. The Morgan fingerprint density at radius 3 is 2.48 bits per heavy atom. The van der Waals surface area contributed by atoms with Gasteiger partial charge < -0.3 is 14.8 Å². The summed E-state index contributed by atoms with van der Waals surface area (Å²) in [6.45, 7) is 5.58. The van der Waals surface area contributed by atoms with Gasteiger partial charge in [-0.2, -0.15) is 13.2 Å². The van der Waals surface area contributed by atoms with Crippen molar-refractivity contribution in [1.29, 1.82) is 0 Å². The Morgan fingerprint density at radius 1 is 1.19 bits per heavy atom. The molecule has 0 saturated heterocycles. The SMILES string of the molecule is COCCOc1ccc(CNCC(C)C)cc1C(F)(F)F. The van der Waals surface area contributed by atoms with Gasteiger partial charge in [0.15, 0.2) is 0 Å². The Kier molecular flexibility index (Phi) is 6.98. The van der Waals surface area contributed by atoms with Crippen molar-refractivity contribution in [3.8, 4) is 5.75 Å². The van der Waals surface area contributed by atoms with Crippen LogP contribution < -0.4 is 10.1 Å². The fourth-order valence-electron chi connectivity index (χ4n) is 1.77. The molecule has 1 N–H and O–H groups in total. The lowest BCUT2D eigenvalue weighted by molar-refractivity contribution is -0.139. The van der Waals surface area contributed by atoms with E-state index >= 15 is 0 Å². The predicted octanol–water partition coefficient (Wildman–Crippen LogP) is 3.48. The summed E-state index contributed by atoms with van der Waals surface area (Å²) in [5.74, 6) is 0.288. The van der Waals surface area contributed by atoms with Crippen LogP contribution in [0.1, 0.15) is 25.0 Å². The minimum Gasteiger partial charge on any atom is -0.491 e. The number of nitrogens with one attached hydrogen (secondary N) is 1. The van der Waals surface area contributed by atoms with Crippen LogP contribution in [-0.2, 0) is 17.5 Å². The first-order valence-electron chi connectivity index (χ1n) is 6.87. The van der Waals surface area contributed by atoms with Gasteiger partial charge in [-0.25, -0.2) is 0 Å². The molecule has 0 fully saturated rings. The van der Waals surface area contributed by atoms with Gasteiger partial charge in [-0.3, -0.25) is 0 Å². The Bertz CT molecular complexity index is 433. The van der Waals surface area contributed by atoms with Gasteiger partial charge in [0.2, 0.25) is 0 Å². The van der Waals surface area contributed by atoms with Crippen molar-refractivity contribution in [2.75, 3.05) is 26.9 Å². The minimum absolute atomic E-state index is 0.0878. The molecule has 6 heteroatoms. The van der Waals surface area contributed by atoms with E-state index in [1.54, 1.807) is 6.07 Å². The smallest absolute Gasteiger partial charge is 0.419 e. The van der Waals surface area contributed by atoms with E-state index in [-0.39, 0.29) is 19.0 Å². The maximum absolute atomic E-state index is 13.1. The van der Waals surface area contributed by atoms with Crippen LogP contribution in [0.5, 0.6) is 5.75 Å². The number of rotatable bonds is 8. The zero-order valence-corrected chi connectivity index (χ0v) is 12.6. The largest absolute Gasteiger partial charge is 0.491 e. The molecule has 0 saturated carbocycles. The zero-order valence-electron chi connectivity index (χ0n) is 12.6. The molecule has 0 bridgehead atoms. The van der Waals surface area contributed by atoms with E-state index in [4.69, 9.17) is 9.47 Å². The van der Waals surface area contributed by atoms with Crippen molar-refractivity contribution in [1.82, 2.24) is 5.32 Å². The lowest BCUT2D eigenvalue weighted by atomic mass is 10.1. The standard InChI is InChI=1S/C15H22F3NO2/c1-11(2)9-19-10-12-4-5-14(21-7-6-20-3)13(8-12)15(16,17)18/h4-5,8,11,19H,6-7,9-10H2,1-3H3. The molecule has 1 aromatic carbocycles. The van der Waals surface area contributed by atoms with E-state index in [2.05, 4.69) is 5.32 Å². The molecule has 0 radical (unpaired) electrons. The van der Waals surface area contributed by atoms with E-state index in [0.29, 0.717) is 18.0 Å². The summed E-state index contributed by atoms with van der Waals surface area (Å²) in [6, 6.07) is 4.14.